The lowest BCUT2D eigenvalue weighted by Crippen LogP contribution is -2.42. The molecule has 2 N–H and O–H groups in total. The zero-order chi connectivity index (χ0) is 15.9. The molecule has 0 heterocycles. The molecule has 0 radical (unpaired) electrons. The van der Waals surface area contributed by atoms with Crippen LogP contribution in [0.3, 0.4) is 0 Å². The summed E-state index contributed by atoms with van der Waals surface area (Å²) in [5, 5.41) is 0.818. The second-order valence-corrected chi connectivity index (χ2v) is 7.24. The molecule has 22 heavy (non-hydrogen) atoms. The third-order valence-electron chi connectivity index (χ3n) is 5.20. The molecule has 1 aliphatic carbocycles. The molecule has 1 saturated carbocycles. The molecule has 0 saturated heterocycles. The lowest BCUT2D eigenvalue weighted by Gasteiger charge is -2.38. The summed E-state index contributed by atoms with van der Waals surface area (Å²) in [7, 11) is 0. The van der Waals surface area contributed by atoms with Gasteiger partial charge in [0, 0.05) is 30.2 Å². The van der Waals surface area contributed by atoms with Crippen LogP contribution in [0.2, 0.25) is 5.02 Å². The van der Waals surface area contributed by atoms with Crippen molar-refractivity contribution in [2.24, 2.45) is 11.7 Å². The topological polar surface area (TPSA) is 29.3 Å². The molecule has 3 heteroatoms. The lowest BCUT2D eigenvalue weighted by atomic mass is 9.89. The van der Waals surface area contributed by atoms with Crippen LogP contribution in [-0.4, -0.2) is 23.5 Å². The average Bonchev–Trinajstić information content (AvgIpc) is 2.54. The molecule has 0 amide bonds. The van der Waals surface area contributed by atoms with Gasteiger partial charge in [-0.2, -0.15) is 0 Å². The molecule has 0 unspecified atom stereocenters. The van der Waals surface area contributed by atoms with Gasteiger partial charge in [0.1, 0.15) is 0 Å². The van der Waals surface area contributed by atoms with E-state index in [2.05, 4.69) is 30.9 Å². The highest BCUT2D eigenvalue weighted by Gasteiger charge is 2.25. The van der Waals surface area contributed by atoms with Crippen molar-refractivity contribution in [2.45, 2.75) is 71.0 Å². The van der Waals surface area contributed by atoms with Gasteiger partial charge >= 0.3 is 0 Å². The van der Waals surface area contributed by atoms with Gasteiger partial charge in [0.25, 0.3) is 0 Å². The van der Waals surface area contributed by atoms with Gasteiger partial charge in [0.2, 0.25) is 0 Å². The highest BCUT2D eigenvalue weighted by atomic mass is 35.5. The van der Waals surface area contributed by atoms with Crippen molar-refractivity contribution in [1.29, 1.82) is 0 Å². The van der Waals surface area contributed by atoms with Gasteiger partial charge in [0.15, 0.2) is 0 Å². The first-order chi connectivity index (χ1) is 10.6. The smallest absolute Gasteiger partial charge is 0.0406 e. The molecule has 1 aromatic carbocycles. The Morgan fingerprint density at radius 3 is 2.23 bits per heavy atom. The summed E-state index contributed by atoms with van der Waals surface area (Å²) in [5.41, 5.74) is 7.45. The summed E-state index contributed by atoms with van der Waals surface area (Å²) >= 11 is 6.01. The number of halogens is 1. The highest BCUT2D eigenvalue weighted by molar-refractivity contribution is 6.30. The van der Waals surface area contributed by atoms with Crippen molar-refractivity contribution in [3.05, 3.63) is 34.9 Å². The second kappa shape index (κ2) is 8.90. The van der Waals surface area contributed by atoms with E-state index >= 15 is 0 Å². The highest BCUT2D eigenvalue weighted by Crippen LogP contribution is 2.26. The summed E-state index contributed by atoms with van der Waals surface area (Å²) < 4.78 is 0. The molecule has 1 aromatic rings. The first-order valence-electron chi connectivity index (χ1n) is 8.86. The molecule has 124 valence electrons. The van der Waals surface area contributed by atoms with Crippen molar-refractivity contribution >= 4 is 11.6 Å². The minimum atomic E-state index is 0.418. The third-order valence-corrected chi connectivity index (χ3v) is 5.46. The van der Waals surface area contributed by atoms with E-state index < -0.39 is 0 Å². The molecule has 1 fully saturated rings. The fraction of sp³-hybridized carbons (Fsp3) is 0.684. The molecule has 0 aromatic heterocycles. The van der Waals surface area contributed by atoms with E-state index in [-0.39, 0.29) is 0 Å². The first kappa shape index (κ1) is 17.8. The summed E-state index contributed by atoms with van der Waals surface area (Å²) in [6, 6.07) is 9.44. The fourth-order valence-corrected chi connectivity index (χ4v) is 3.64. The molecule has 1 aliphatic rings. The Kier molecular flexibility index (Phi) is 7.20. The first-order valence-corrected chi connectivity index (χ1v) is 9.24. The Morgan fingerprint density at radius 1 is 1.09 bits per heavy atom. The minimum absolute atomic E-state index is 0.418. The van der Waals surface area contributed by atoms with Crippen molar-refractivity contribution < 1.29 is 0 Å². The zero-order valence-corrected chi connectivity index (χ0v) is 14.9. The van der Waals surface area contributed by atoms with Crippen LogP contribution in [0.1, 0.15) is 57.9 Å². The van der Waals surface area contributed by atoms with E-state index in [9.17, 15) is 0 Å². The Hall–Kier alpha value is -0.570. The van der Waals surface area contributed by atoms with Crippen LogP contribution in [-0.2, 0) is 6.54 Å². The van der Waals surface area contributed by atoms with Gasteiger partial charge in [0.05, 0.1) is 0 Å². The maximum absolute atomic E-state index is 6.09. The minimum Gasteiger partial charge on any atom is -0.328 e. The largest absolute Gasteiger partial charge is 0.328 e. The van der Waals surface area contributed by atoms with Gasteiger partial charge < -0.3 is 5.73 Å². The Labute approximate surface area is 141 Å². The molecule has 0 bridgehead atoms. The van der Waals surface area contributed by atoms with Crippen LogP contribution < -0.4 is 5.73 Å². The number of hydrogen-bond acceptors (Lipinski definition) is 2. The maximum atomic E-state index is 6.09. The number of hydrogen-bond donors (Lipinski definition) is 1. The standard InChI is InChI=1S/C19H31ClN2/c1-3-15(4-2)13-22(19-11-9-18(21)10-12-19)14-16-5-7-17(20)8-6-16/h5-8,15,18-19H,3-4,9-14,21H2,1-2H3. The summed E-state index contributed by atoms with van der Waals surface area (Å²) in [6.07, 6.45) is 7.36. The summed E-state index contributed by atoms with van der Waals surface area (Å²) in [5.74, 6) is 0.794. The van der Waals surface area contributed by atoms with Crippen molar-refractivity contribution in [3.63, 3.8) is 0 Å². The number of benzene rings is 1. The van der Waals surface area contributed by atoms with Crippen molar-refractivity contribution in [1.82, 2.24) is 4.90 Å². The van der Waals surface area contributed by atoms with E-state index in [0.29, 0.717) is 12.1 Å². The quantitative estimate of drug-likeness (QED) is 0.777. The number of nitrogens with two attached hydrogens (primary N) is 1. The van der Waals surface area contributed by atoms with Crippen LogP contribution in [0.4, 0.5) is 0 Å². The predicted molar refractivity (Wildman–Crippen MR) is 96.2 cm³/mol. The number of rotatable bonds is 7. The summed E-state index contributed by atoms with van der Waals surface area (Å²) in [4.78, 5) is 2.70. The fourth-order valence-electron chi connectivity index (χ4n) is 3.51. The van der Waals surface area contributed by atoms with Crippen LogP contribution in [0.5, 0.6) is 0 Å². The second-order valence-electron chi connectivity index (χ2n) is 6.81. The third kappa shape index (κ3) is 5.26. The Bertz CT molecular complexity index is 420. The Morgan fingerprint density at radius 2 is 1.68 bits per heavy atom. The summed E-state index contributed by atoms with van der Waals surface area (Å²) in [6.45, 7) is 6.86. The average molecular weight is 323 g/mol. The van der Waals surface area contributed by atoms with Gasteiger partial charge in [-0.05, 0) is 49.3 Å². The molecule has 0 spiro atoms. The van der Waals surface area contributed by atoms with E-state index in [1.807, 2.05) is 12.1 Å². The van der Waals surface area contributed by atoms with E-state index in [1.54, 1.807) is 0 Å². The number of nitrogens with zero attached hydrogens (tertiary/aromatic N) is 1. The van der Waals surface area contributed by atoms with Crippen LogP contribution in [0, 0.1) is 5.92 Å². The van der Waals surface area contributed by atoms with Crippen LogP contribution in [0.15, 0.2) is 24.3 Å². The van der Waals surface area contributed by atoms with Crippen molar-refractivity contribution in [3.8, 4) is 0 Å². The molecule has 0 aliphatic heterocycles. The van der Waals surface area contributed by atoms with Crippen LogP contribution in [0.25, 0.3) is 0 Å². The van der Waals surface area contributed by atoms with Gasteiger partial charge in [-0.3, -0.25) is 4.90 Å². The normalized spacial score (nSPS) is 22.5. The molecule has 2 nitrogen and oxygen atoms in total. The van der Waals surface area contributed by atoms with Gasteiger partial charge in [-0.1, -0.05) is 50.4 Å². The SMILES string of the molecule is CCC(CC)CN(Cc1ccc(Cl)cc1)C1CCC(N)CC1. The van der Waals surface area contributed by atoms with Gasteiger partial charge in [-0.25, -0.2) is 0 Å². The van der Waals surface area contributed by atoms with Crippen LogP contribution >= 0.6 is 11.6 Å². The zero-order valence-electron chi connectivity index (χ0n) is 14.1. The predicted octanol–water partition coefficient (Wildman–Crippen LogP) is 4.85. The molecular formula is C19H31ClN2. The monoisotopic (exact) mass is 322 g/mol. The Balaban J connectivity index is 2.04. The molecule has 2 rings (SSSR count). The van der Waals surface area contributed by atoms with E-state index in [4.69, 9.17) is 17.3 Å². The van der Waals surface area contributed by atoms with Crippen molar-refractivity contribution in [2.75, 3.05) is 6.54 Å². The van der Waals surface area contributed by atoms with E-state index in [1.165, 1.54) is 50.6 Å². The van der Waals surface area contributed by atoms with E-state index in [0.717, 1.165) is 17.5 Å². The molecular weight excluding hydrogens is 292 g/mol. The van der Waals surface area contributed by atoms with Gasteiger partial charge in [-0.15, -0.1) is 0 Å². The maximum Gasteiger partial charge on any atom is 0.0406 e. The lowest BCUT2D eigenvalue weighted by molar-refractivity contribution is 0.117. The molecule has 0 atom stereocenters.